The van der Waals surface area contributed by atoms with Crippen LogP contribution in [-0.2, 0) is 13.5 Å². The summed E-state index contributed by atoms with van der Waals surface area (Å²) in [5.74, 6) is 0. The number of hydrogen-bond donors (Lipinski definition) is 1. The largest absolute Gasteiger partial charge is 1.00 e. The second-order valence-corrected chi connectivity index (χ2v) is 3.76. The van der Waals surface area contributed by atoms with E-state index in [1.54, 1.807) is 0 Å². The van der Waals surface area contributed by atoms with E-state index in [1.807, 2.05) is 7.05 Å². The number of nitrogens with zero attached hydrogens (tertiary/aromatic N) is 1. The Kier molecular flexibility index (Phi) is 4.31. The molecule has 78 valence electrons. The summed E-state index contributed by atoms with van der Waals surface area (Å²) < 4.78 is 2.25. The van der Waals surface area contributed by atoms with Gasteiger partial charge in [-0.05, 0) is 32.4 Å². The number of aromatic nitrogens is 1. The Hall–Kier alpha value is -0.160. The van der Waals surface area contributed by atoms with E-state index in [1.165, 1.54) is 30.5 Å². The third kappa shape index (κ3) is 2.08. The lowest BCUT2D eigenvalue weighted by atomic mass is 9.92. The highest BCUT2D eigenvalue weighted by atomic mass is 127. The molecule has 1 aliphatic carbocycles. The minimum absolute atomic E-state index is 0. The molecule has 0 aliphatic heterocycles. The minimum Gasteiger partial charge on any atom is -1.00 e. The van der Waals surface area contributed by atoms with Crippen molar-refractivity contribution in [3.8, 4) is 0 Å². The lowest BCUT2D eigenvalue weighted by molar-refractivity contribution is -0.681. The standard InChI is InChI=1S/C11H17N2.HI/c1-12-10-7-3-5-9-6-4-8-13(2)11(9)10;/h4,6,8,10,12H,3,5,7H2,1-2H3;1H/q+1;/p-1. The molecule has 2 rings (SSSR count). The zero-order chi connectivity index (χ0) is 9.26. The maximum absolute atomic E-state index is 3.38. The quantitative estimate of drug-likeness (QED) is 0.474. The minimum atomic E-state index is 0. The van der Waals surface area contributed by atoms with Gasteiger partial charge < -0.3 is 29.3 Å². The molecular weight excluding hydrogens is 287 g/mol. The van der Waals surface area contributed by atoms with Gasteiger partial charge in [-0.2, -0.15) is 0 Å². The van der Waals surface area contributed by atoms with E-state index in [2.05, 4.69) is 35.3 Å². The predicted octanol–water partition coefficient (Wildman–Crippen LogP) is -1.89. The Bertz CT molecular complexity index is 312. The van der Waals surface area contributed by atoms with Gasteiger partial charge in [0.2, 0.25) is 5.69 Å². The van der Waals surface area contributed by atoms with Crippen LogP contribution in [0.2, 0.25) is 0 Å². The van der Waals surface area contributed by atoms with Crippen LogP contribution in [-0.4, -0.2) is 7.05 Å². The smallest absolute Gasteiger partial charge is 0.201 e. The Balaban J connectivity index is 0.000000980. The molecule has 14 heavy (non-hydrogen) atoms. The summed E-state index contributed by atoms with van der Waals surface area (Å²) in [4.78, 5) is 0. The highest BCUT2D eigenvalue weighted by Crippen LogP contribution is 2.25. The van der Waals surface area contributed by atoms with Gasteiger partial charge in [0.1, 0.15) is 7.05 Å². The molecule has 0 saturated carbocycles. The van der Waals surface area contributed by atoms with Crippen molar-refractivity contribution in [3.05, 3.63) is 29.6 Å². The van der Waals surface area contributed by atoms with Crippen LogP contribution in [0.4, 0.5) is 0 Å². The van der Waals surface area contributed by atoms with Crippen molar-refractivity contribution >= 4 is 0 Å². The first-order valence-electron chi connectivity index (χ1n) is 4.97. The lowest BCUT2D eigenvalue weighted by Gasteiger charge is -2.21. The van der Waals surface area contributed by atoms with Crippen LogP contribution in [0.25, 0.3) is 0 Å². The fraction of sp³-hybridized carbons (Fsp3) is 0.545. The summed E-state index contributed by atoms with van der Waals surface area (Å²) >= 11 is 0. The summed E-state index contributed by atoms with van der Waals surface area (Å²) in [6.45, 7) is 0. The van der Waals surface area contributed by atoms with Gasteiger partial charge >= 0.3 is 0 Å². The molecule has 0 fully saturated rings. The molecule has 1 aromatic rings. The lowest BCUT2D eigenvalue weighted by Crippen LogP contribution is -3.00. The SMILES string of the molecule is CNC1CCCc2ccc[n+](C)c21.[I-]. The third-order valence-corrected chi connectivity index (χ3v) is 2.93. The fourth-order valence-electron chi connectivity index (χ4n) is 2.28. The summed E-state index contributed by atoms with van der Waals surface area (Å²) in [5, 5.41) is 3.38. The first kappa shape index (κ1) is 11.9. The van der Waals surface area contributed by atoms with Gasteiger partial charge in [-0.1, -0.05) is 0 Å². The number of pyridine rings is 1. The Morgan fingerprint density at radius 3 is 3.00 bits per heavy atom. The summed E-state index contributed by atoms with van der Waals surface area (Å²) in [6, 6.07) is 4.94. The monoisotopic (exact) mass is 304 g/mol. The van der Waals surface area contributed by atoms with Crippen LogP contribution in [0.15, 0.2) is 18.3 Å². The second kappa shape index (κ2) is 5.07. The molecule has 1 aromatic heterocycles. The van der Waals surface area contributed by atoms with Gasteiger partial charge in [-0.25, -0.2) is 4.57 Å². The molecule has 3 heteroatoms. The van der Waals surface area contributed by atoms with Crippen molar-refractivity contribution in [2.75, 3.05) is 7.05 Å². The molecule has 1 atom stereocenters. The number of fused-ring (bicyclic) bond motifs is 1. The van der Waals surface area contributed by atoms with Crippen molar-refractivity contribution in [2.45, 2.75) is 25.3 Å². The molecule has 1 aliphatic rings. The topological polar surface area (TPSA) is 15.9 Å². The van der Waals surface area contributed by atoms with Crippen molar-refractivity contribution in [2.24, 2.45) is 7.05 Å². The van der Waals surface area contributed by atoms with Crippen molar-refractivity contribution in [3.63, 3.8) is 0 Å². The zero-order valence-corrected chi connectivity index (χ0v) is 10.9. The first-order chi connectivity index (χ1) is 6.33. The molecule has 0 amide bonds. The van der Waals surface area contributed by atoms with E-state index >= 15 is 0 Å². The highest BCUT2D eigenvalue weighted by Gasteiger charge is 2.26. The fourth-order valence-corrected chi connectivity index (χ4v) is 2.28. The van der Waals surface area contributed by atoms with Crippen molar-refractivity contribution < 1.29 is 28.5 Å². The van der Waals surface area contributed by atoms with E-state index in [9.17, 15) is 0 Å². The number of aryl methyl sites for hydroxylation is 2. The highest BCUT2D eigenvalue weighted by molar-refractivity contribution is 5.21. The molecular formula is C11H17IN2. The van der Waals surface area contributed by atoms with Crippen LogP contribution in [0, 0.1) is 0 Å². The Labute approximate surface area is 103 Å². The van der Waals surface area contributed by atoms with Gasteiger partial charge in [0.15, 0.2) is 6.20 Å². The van der Waals surface area contributed by atoms with Crippen molar-refractivity contribution in [1.29, 1.82) is 0 Å². The number of rotatable bonds is 1. The molecule has 1 unspecified atom stereocenters. The number of halogens is 1. The van der Waals surface area contributed by atoms with Gasteiger partial charge in [0.25, 0.3) is 0 Å². The van der Waals surface area contributed by atoms with Gasteiger partial charge in [0, 0.05) is 11.6 Å². The average molecular weight is 304 g/mol. The van der Waals surface area contributed by atoms with Crippen LogP contribution < -0.4 is 33.9 Å². The maximum Gasteiger partial charge on any atom is 0.201 e. The van der Waals surface area contributed by atoms with E-state index in [0.717, 1.165) is 0 Å². The van der Waals surface area contributed by atoms with Gasteiger partial charge in [0.05, 0.1) is 6.04 Å². The molecule has 0 spiro atoms. The zero-order valence-electron chi connectivity index (χ0n) is 8.76. The molecule has 0 saturated heterocycles. The van der Waals surface area contributed by atoms with E-state index in [-0.39, 0.29) is 24.0 Å². The van der Waals surface area contributed by atoms with Crippen LogP contribution in [0.5, 0.6) is 0 Å². The maximum atomic E-state index is 3.38. The summed E-state index contributed by atoms with van der Waals surface area (Å²) in [6.07, 6.45) is 5.94. The molecule has 0 aromatic carbocycles. The molecule has 1 heterocycles. The normalized spacial score (nSPS) is 19.7. The predicted molar refractivity (Wildman–Crippen MR) is 52.4 cm³/mol. The number of hydrogen-bond acceptors (Lipinski definition) is 1. The van der Waals surface area contributed by atoms with Crippen LogP contribution in [0.3, 0.4) is 0 Å². The van der Waals surface area contributed by atoms with Gasteiger partial charge in [-0.3, -0.25) is 0 Å². The molecule has 0 bridgehead atoms. The van der Waals surface area contributed by atoms with E-state index in [4.69, 9.17) is 0 Å². The van der Waals surface area contributed by atoms with Crippen molar-refractivity contribution in [1.82, 2.24) is 5.32 Å². The van der Waals surface area contributed by atoms with E-state index in [0.29, 0.717) is 6.04 Å². The Morgan fingerprint density at radius 2 is 2.29 bits per heavy atom. The van der Waals surface area contributed by atoms with E-state index < -0.39 is 0 Å². The van der Waals surface area contributed by atoms with Crippen LogP contribution >= 0.6 is 0 Å². The first-order valence-corrected chi connectivity index (χ1v) is 4.97. The number of nitrogens with one attached hydrogen (secondary N) is 1. The molecule has 1 N–H and O–H groups in total. The summed E-state index contributed by atoms with van der Waals surface area (Å²) in [7, 11) is 4.18. The Morgan fingerprint density at radius 1 is 1.50 bits per heavy atom. The summed E-state index contributed by atoms with van der Waals surface area (Å²) in [5.41, 5.74) is 2.98. The third-order valence-electron chi connectivity index (χ3n) is 2.93. The second-order valence-electron chi connectivity index (χ2n) is 3.76. The molecule has 0 radical (unpaired) electrons. The average Bonchev–Trinajstić information content (AvgIpc) is 2.17. The van der Waals surface area contributed by atoms with Gasteiger partial charge in [-0.15, -0.1) is 0 Å². The molecule has 2 nitrogen and oxygen atoms in total. The van der Waals surface area contributed by atoms with Crippen LogP contribution in [0.1, 0.15) is 30.1 Å².